The summed E-state index contributed by atoms with van der Waals surface area (Å²) in [6, 6.07) is 1.77. The first-order valence-corrected chi connectivity index (χ1v) is 5.43. The van der Waals surface area contributed by atoms with Crippen molar-refractivity contribution in [2.45, 2.75) is 39.5 Å². The van der Waals surface area contributed by atoms with Crippen molar-refractivity contribution in [1.82, 2.24) is 4.90 Å². The molecule has 0 N–H and O–H groups in total. The van der Waals surface area contributed by atoms with Crippen LogP contribution in [0.2, 0.25) is 0 Å². The van der Waals surface area contributed by atoms with Crippen LogP contribution in [0, 0.1) is 17.9 Å². The van der Waals surface area contributed by atoms with Gasteiger partial charge in [0.1, 0.15) is 0 Å². The van der Waals surface area contributed by atoms with E-state index >= 15 is 0 Å². The molecule has 2 aliphatic rings. The Hall–Kier alpha value is -0.0400. The van der Waals surface area contributed by atoms with Crippen LogP contribution in [0.25, 0.3) is 0 Å². The largest absolute Gasteiger partial charge is 0.295 e. The quantitative estimate of drug-likeness (QED) is 0.609. The molecule has 1 nitrogen and oxygen atoms in total. The molecule has 0 aromatic heterocycles. The molecule has 2 atom stereocenters. The molecule has 2 saturated heterocycles. The molecule has 69 valence electrons. The van der Waals surface area contributed by atoms with Crippen LogP contribution in [0.1, 0.15) is 39.5 Å². The summed E-state index contributed by atoms with van der Waals surface area (Å²) in [5, 5.41) is 0. The molecule has 0 amide bonds. The van der Waals surface area contributed by atoms with Crippen molar-refractivity contribution in [3.05, 3.63) is 6.04 Å². The van der Waals surface area contributed by atoms with Gasteiger partial charge in [0.15, 0.2) is 0 Å². The van der Waals surface area contributed by atoms with Crippen LogP contribution < -0.4 is 0 Å². The van der Waals surface area contributed by atoms with Gasteiger partial charge in [-0.3, -0.25) is 4.90 Å². The summed E-state index contributed by atoms with van der Waals surface area (Å²) in [7, 11) is 0. The van der Waals surface area contributed by atoms with Crippen LogP contribution in [-0.2, 0) is 0 Å². The average Bonchev–Trinajstić information content (AvgIpc) is 2.59. The first-order valence-electron chi connectivity index (χ1n) is 5.43. The Morgan fingerprint density at radius 2 is 1.58 bits per heavy atom. The van der Waals surface area contributed by atoms with Crippen molar-refractivity contribution >= 4 is 0 Å². The van der Waals surface area contributed by atoms with Crippen molar-refractivity contribution in [1.29, 1.82) is 0 Å². The highest BCUT2D eigenvalue weighted by molar-refractivity contribution is 5.05. The fraction of sp³-hybridized carbons (Fsp3) is 0.909. The average molecular weight is 166 g/mol. The van der Waals surface area contributed by atoms with E-state index in [1.807, 2.05) is 0 Å². The molecule has 2 unspecified atom stereocenters. The highest BCUT2D eigenvalue weighted by atomic mass is 15.2. The van der Waals surface area contributed by atoms with Crippen LogP contribution >= 0.6 is 0 Å². The topological polar surface area (TPSA) is 3.24 Å². The van der Waals surface area contributed by atoms with Crippen molar-refractivity contribution in [2.24, 2.45) is 11.8 Å². The predicted molar refractivity (Wildman–Crippen MR) is 51.6 cm³/mol. The van der Waals surface area contributed by atoms with Gasteiger partial charge in [-0.15, -0.1) is 0 Å². The number of hydrogen-bond donors (Lipinski definition) is 0. The summed E-state index contributed by atoms with van der Waals surface area (Å²) in [6.07, 6.45) is 5.56. The molecule has 2 fully saturated rings. The molecule has 12 heavy (non-hydrogen) atoms. The van der Waals surface area contributed by atoms with Gasteiger partial charge < -0.3 is 0 Å². The third-order valence-electron chi connectivity index (χ3n) is 3.61. The van der Waals surface area contributed by atoms with Crippen LogP contribution in [-0.4, -0.2) is 18.0 Å². The molecule has 2 heterocycles. The number of fused-ring (bicyclic) bond motifs is 1. The van der Waals surface area contributed by atoms with E-state index < -0.39 is 0 Å². The van der Waals surface area contributed by atoms with Crippen LogP contribution in [0.3, 0.4) is 0 Å². The van der Waals surface area contributed by atoms with Gasteiger partial charge in [-0.05, 0) is 24.7 Å². The Bertz CT molecular complexity index is 125. The summed E-state index contributed by atoms with van der Waals surface area (Å²) < 4.78 is 0. The van der Waals surface area contributed by atoms with Gasteiger partial charge in [-0.25, -0.2) is 0 Å². The van der Waals surface area contributed by atoms with Gasteiger partial charge >= 0.3 is 0 Å². The van der Waals surface area contributed by atoms with Gasteiger partial charge in [-0.2, -0.15) is 0 Å². The molecule has 1 radical (unpaired) electrons. The molecule has 0 spiro atoms. The zero-order valence-corrected chi connectivity index (χ0v) is 8.34. The minimum atomic E-state index is 0.984. The first kappa shape index (κ1) is 8.55. The Labute approximate surface area is 76.1 Å². The summed E-state index contributed by atoms with van der Waals surface area (Å²) in [5.41, 5.74) is 0. The molecule has 0 aromatic rings. The van der Waals surface area contributed by atoms with Crippen LogP contribution in [0.5, 0.6) is 0 Å². The lowest BCUT2D eigenvalue weighted by atomic mass is 9.96. The van der Waals surface area contributed by atoms with Crippen LogP contribution in [0.15, 0.2) is 0 Å². The molecule has 2 rings (SSSR count). The van der Waals surface area contributed by atoms with Gasteiger partial charge in [-0.1, -0.05) is 26.7 Å². The second-order valence-corrected chi connectivity index (χ2v) is 4.43. The zero-order valence-electron chi connectivity index (χ0n) is 8.34. The van der Waals surface area contributed by atoms with E-state index in [1.165, 1.54) is 38.8 Å². The second kappa shape index (κ2) is 3.37. The molecule has 0 aliphatic carbocycles. The third kappa shape index (κ3) is 1.39. The Morgan fingerprint density at radius 3 is 1.92 bits per heavy atom. The maximum atomic E-state index is 2.66. The number of rotatable bonds is 2. The van der Waals surface area contributed by atoms with E-state index in [2.05, 4.69) is 18.7 Å². The molecular weight excluding hydrogens is 146 g/mol. The van der Waals surface area contributed by atoms with Crippen molar-refractivity contribution < 1.29 is 0 Å². The van der Waals surface area contributed by atoms with Crippen LogP contribution in [0.4, 0.5) is 0 Å². The fourth-order valence-electron chi connectivity index (χ4n) is 2.64. The molecule has 1 heteroatoms. The third-order valence-corrected chi connectivity index (χ3v) is 3.61. The zero-order chi connectivity index (χ0) is 8.55. The lowest BCUT2D eigenvalue weighted by Gasteiger charge is -2.13. The lowest BCUT2D eigenvalue weighted by Crippen LogP contribution is -2.19. The van der Waals surface area contributed by atoms with Crippen molar-refractivity contribution in [3.8, 4) is 0 Å². The summed E-state index contributed by atoms with van der Waals surface area (Å²) >= 11 is 0. The molecule has 0 aromatic carbocycles. The van der Waals surface area contributed by atoms with E-state index in [0.717, 1.165) is 11.8 Å². The number of nitrogens with zero attached hydrogens (tertiary/aromatic N) is 1. The van der Waals surface area contributed by atoms with E-state index in [0.29, 0.717) is 0 Å². The fourth-order valence-corrected chi connectivity index (χ4v) is 2.64. The maximum Gasteiger partial charge on any atom is 0.0399 e. The van der Waals surface area contributed by atoms with Crippen molar-refractivity contribution in [2.75, 3.05) is 13.1 Å². The van der Waals surface area contributed by atoms with Gasteiger partial charge in [0.05, 0.1) is 0 Å². The van der Waals surface area contributed by atoms with E-state index in [4.69, 9.17) is 0 Å². The second-order valence-electron chi connectivity index (χ2n) is 4.43. The number of hydrogen-bond acceptors (Lipinski definition) is 1. The summed E-state index contributed by atoms with van der Waals surface area (Å²) in [5.74, 6) is 1.97. The normalized spacial score (nSPS) is 37.5. The Balaban J connectivity index is 1.89. The highest BCUT2D eigenvalue weighted by Gasteiger charge is 2.38. The van der Waals surface area contributed by atoms with Crippen molar-refractivity contribution in [3.63, 3.8) is 0 Å². The van der Waals surface area contributed by atoms with Gasteiger partial charge in [0.25, 0.3) is 0 Å². The van der Waals surface area contributed by atoms with E-state index in [-0.39, 0.29) is 0 Å². The first-order chi connectivity index (χ1) is 5.83. The smallest absolute Gasteiger partial charge is 0.0399 e. The highest BCUT2D eigenvalue weighted by Crippen LogP contribution is 2.41. The van der Waals surface area contributed by atoms with Gasteiger partial charge in [0.2, 0.25) is 0 Å². The molecule has 2 aliphatic heterocycles. The Morgan fingerprint density at radius 1 is 1.08 bits per heavy atom. The monoisotopic (exact) mass is 166 g/mol. The standard InChI is InChI=1S/C11H20N/c1-3-9-5-11-6-10(4-2)8-12(11)7-9/h9-10H,3-8H2,1-2H3. The predicted octanol–water partition coefficient (Wildman–Crippen LogP) is 2.68. The summed E-state index contributed by atoms with van der Waals surface area (Å²) in [4.78, 5) is 2.66. The minimum absolute atomic E-state index is 0.984. The molecule has 0 saturated carbocycles. The summed E-state index contributed by atoms with van der Waals surface area (Å²) in [6.45, 7) is 7.38. The minimum Gasteiger partial charge on any atom is -0.295 e. The lowest BCUT2D eigenvalue weighted by molar-refractivity contribution is 0.344. The van der Waals surface area contributed by atoms with E-state index in [1.54, 1.807) is 6.04 Å². The Kier molecular flexibility index (Phi) is 2.40. The maximum absolute atomic E-state index is 2.66. The molecular formula is C11H20N. The van der Waals surface area contributed by atoms with E-state index in [9.17, 15) is 0 Å². The molecule has 0 bridgehead atoms. The SMILES string of the molecule is CCC1C[C]2CC(CC)CN2C1. The van der Waals surface area contributed by atoms with Gasteiger partial charge in [0, 0.05) is 19.1 Å².